The van der Waals surface area contributed by atoms with Crippen LogP contribution in [0.5, 0.6) is 0 Å². The van der Waals surface area contributed by atoms with Crippen molar-refractivity contribution in [3.63, 3.8) is 0 Å². The molecule has 70 valence electrons. The smallest absolute Gasteiger partial charge is 0.0210 e. The quantitative estimate of drug-likeness (QED) is 0.557. The fourth-order valence-corrected chi connectivity index (χ4v) is 4.20. The third-order valence-corrected chi connectivity index (χ3v) is 5.19. The Kier molecular flexibility index (Phi) is 1.79. The van der Waals surface area contributed by atoms with Gasteiger partial charge < -0.3 is 0 Å². The lowest BCUT2D eigenvalue weighted by atomic mass is 9.83. The molecule has 0 nitrogen and oxygen atoms in total. The van der Waals surface area contributed by atoms with Gasteiger partial charge in [0.2, 0.25) is 0 Å². The molecule has 2 rings (SSSR count). The summed E-state index contributed by atoms with van der Waals surface area (Å²) in [6.45, 7) is 9.77. The highest BCUT2D eigenvalue weighted by Crippen LogP contribution is 2.71. The zero-order chi connectivity index (χ0) is 8.93. The summed E-state index contributed by atoms with van der Waals surface area (Å²) in [5.74, 6) is 4.09. The number of rotatable bonds is 1. The molecule has 2 fully saturated rings. The highest BCUT2D eigenvalue weighted by atomic mass is 14.7. The maximum atomic E-state index is 2.46. The van der Waals surface area contributed by atoms with Crippen LogP contribution in [-0.4, -0.2) is 0 Å². The largest absolute Gasteiger partial charge is 0.0651 e. The van der Waals surface area contributed by atoms with Gasteiger partial charge in [-0.2, -0.15) is 0 Å². The van der Waals surface area contributed by atoms with E-state index >= 15 is 0 Å². The monoisotopic (exact) mass is 166 g/mol. The fraction of sp³-hybridized carbons (Fsp3) is 1.00. The summed E-state index contributed by atoms with van der Waals surface area (Å²) in [4.78, 5) is 0. The summed E-state index contributed by atoms with van der Waals surface area (Å²) in [6, 6.07) is 0. The van der Waals surface area contributed by atoms with Gasteiger partial charge in [-0.3, -0.25) is 0 Å². The molecule has 1 spiro atoms. The maximum absolute atomic E-state index is 2.46. The van der Waals surface area contributed by atoms with Crippen LogP contribution >= 0.6 is 0 Å². The molecule has 0 heteroatoms. The van der Waals surface area contributed by atoms with E-state index in [1.807, 2.05) is 0 Å². The van der Waals surface area contributed by atoms with E-state index < -0.39 is 0 Å². The molecule has 2 aliphatic carbocycles. The minimum Gasteiger partial charge on any atom is -0.0651 e. The van der Waals surface area contributed by atoms with Gasteiger partial charge in [0.05, 0.1) is 0 Å². The second-order valence-electron chi connectivity index (χ2n) is 5.22. The molecular formula is C12H22. The van der Waals surface area contributed by atoms with Gasteiger partial charge in [-0.1, -0.05) is 34.1 Å². The van der Waals surface area contributed by atoms with Crippen LogP contribution < -0.4 is 0 Å². The summed E-state index contributed by atoms with van der Waals surface area (Å²) in [5.41, 5.74) is 0.800. The molecule has 0 aromatic carbocycles. The van der Waals surface area contributed by atoms with E-state index in [-0.39, 0.29) is 0 Å². The summed E-state index contributed by atoms with van der Waals surface area (Å²) in [7, 11) is 0. The first-order valence-electron chi connectivity index (χ1n) is 5.64. The molecule has 0 aromatic heterocycles. The van der Waals surface area contributed by atoms with Gasteiger partial charge in [0.15, 0.2) is 0 Å². The second-order valence-corrected chi connectivity index (χ2v) is 5.22. The molecule has 4 atom stereocenters. The molecule has 0 N–H and O–H groups in total. The average molecular weight is 166 g/mol. The standard InChI is InChI=1S/C12H22/c1-5-11-8(2)6-7-12(11)9(3)10(12)4/h8-11H,5-7H2,1-4H3. The third kappa shape index (κ3) is 0.791. The van der Waals surface area contributed by atoms with E-state index in [9.17, 15) is 0 Å². The van der Waals surface area contributed by atoms with Crippen molar-refractivity contribution in [1.29, 1.82) is 0 Å². The van der Waals surface area contributed by atoms with E-state index in [4.69, 9.17) is 0 Å². The summed E-state index contributed by atoms with van der Waals surface area (Å²) in [6.07, 6.45) is 4.43. The predicted octanol–water partition coefficient (Wildman–Crippen LogP) is 3.71. The second kappa shape index (κ2) is 2.49. The molecule has 2 aliphatic rings. The topological polar surface area (TPSA) is 0 Å². The molecule has 0 aromatic rings. The van der Waals surface area contributed by atoms with Crippen molar-refractivity contribution >= 4 is 0 Å². The minimum absolute atomic E-state index is 0.800. The Morgan fingerprint density at radius 2 is 1.75 bits per heavy atom. The molecule has 0 bridgehead atoms. The normalized spacial score (nSPS) is 58.0. The average Bonchev–Trinajstić information content (AvgIpc) is 2.48. The lowest BCUT2D eigenvalue weighted by molar-refractivity contribution is 0.266. The Bertz CT molecular complexity index is 174. The van der Waals surface area contributed by atoms with E-state index in [1.165, 1.54) is 19.3 Å². The summed E-state index contributed by atoms with van der Waals surface area (Å²) >= 11 is 0. The highest BCUT2D eigenvalue weighted by Gasteiger charge is 2.65. The van der Waals surface area contributed by atoms with Crippen LogP contribution in [0.1, 0.15) is 47.0 Å². The van der Waals surface area contributed by atoms with Crippen molar-refractivity contribution in [2.24, 2.45) is 29.1 Å². The Hall–Kier alpha value is 0. The maximum Gasteiger partial charge on any atom is -0.0210 e. The van der Waals surface area contributed by atoms with Gasteiger partial charge in [0.1, 0.15) is 0 Å². The van der Waals surface area contributed by atoms with Gasteiger partial charge >= 0.3 is 0 Å². The first-order valence-corrected chi connectivity index (χ1v) is 5.64. The minimum atomic E-state index is 0.800. The number of hydrogen-bond acceptors (Lipinski definition) is 0. The summed E-state index contributed by atoms with van der Waals surface area (Å²) < 4.78 is 0. The highest BCUT2D eigenvalue weighted by molar-refractivity contribution is 5.13. The first kappa shape index (κ1) is 8.59. The zero-order valence-electron chi connectivity index (χ0n) is 8.93. The van der Waals surface area contributed by atoms with Crippen molar-refractivity contribution < 1.29 is 0 Å². The van der Waals surface area contributed by atoms with Gasteiger partial charge in [0, 0.05) is 0 Å². The van der Waals surface area contributed by atoms with Crippen molar-refractivity contribution in [3.05, 3.63) is 0 Å². The van der Waals surface area contributed by atoms with Gasteiger partial charge in [-0.15, -0.1) is 0 Å². The molecule has 0 saturated heterocycles. The van der Waals surface area contributed by atoms with E-state index in [1.54, 1.807) is 0 Å². The molecule has 12 heavy (non-hydrogen) atoms. The van der Waals surface area contributed by atoms with Crippen LogP contribution in [0, 0.1) is 29.1 Å². The van der Waals surface area contributed by atoms with Gasteiger partial charge in [-0.05, 0) is 41.9 Å². The van der Waals surface area contributed by atoms with E-state index in [0.29, 0.717) is 0 Å². The molecule has 0 amide bonds. The van der Waals surface area contributed by atoms with E-state index in [2.05, 4.69) is 27.7 Å². The molecule has 2 saturated carbocycles. The SMILES string of the molecule is CCC1C(C)CCC12C(C)C2C. The Balaban J connectivity index is 2.18. The lowest BCUT2D eigenvalue weighted by Gasteiger charge is -2.22. The Labute approximate surface area is 76.7 Å². The van der Waals surface area contributed by atoms with Crippen LogP contribution in [0.25, 0.3) is 0 Å². The van der Waals surface area contributed by atoms with Crippen molar-refractivity contribution in [1.82, 2.24) is 0 Å². The van der Waals surface area contributed by atoms with Crippen molar-refractivity contribution in [2.75, 3.05) is 0 Å². The van der Waals surface area contributed by atoms with E-state index in [0.717, 1.165) is 29.1 Å². The van der Waals surface area contributed by atoms with Crippen molar-refractivity contribution in [2.45, 2.75) is 47.0 Å². The van der Waals surface area contributed by atoms with Crippen LogP contribution in [0.3, 0.4) is 0 Å². The van der Waals surface area contributed by atoms with Crippen LogP contribution in [-0.2, 0) is 0 Å². The Morgan fingerprint density at radius 1 is 1.17 bits per heavy atom. The third-order valence-electron chi connectivity index (χ3n) is 5.19. The van der Waals surface area contributed by atoms with Crippen molar-refractivity contribution in [3.8, 4) is 0 Å². The van der Waals surface area contributed by atoms with Crippen LogP contribution in [0.2, 0.25) is 0 Å². The fourth-order valence-electron chi connectivity index (χ4n) is 4.20. The molecule has 0 radical (unpaired) electrons. The van der Waals surface area contributed by atoms with Crippen LogP contribution in [0.15, 0.2) is 0 Å². The van der Waals surface area contributed by atoms with Crippen LogP contribution in [0.4, 0.5) is 0 Å². The number of hydrogen-bond donors (Lipinski definition) is 0. The Morgan fingerprint density at radius 3 is 2.08 bits per heavy atom. The summed E-state index contributed by atoms with van der Waals surface area (Å²) in [5, 5.41) is 0. The molecule has 0 aliphatic heterocycles. The lowest BCUT2D eigenvalue weighted by Crippen LogP contribution is -2.15. The molecular weight excluding hydrogens is 144 g/mol. The predicted molar refractivity (Wildman–Crippen MR) is 52.9 cm³/mol. The van der Waals surface area contributed by atoms with Gasteiger partial charge in [-0.25, -0.2) is 0 Å². The molecule has 4 unspecified atom stereocenters. The van der Waals surface area contributed by atoms with Gasteiger partial charge in [0.25, 0.3) is 0 Å². The zero-order valence-corrected chi connectivity index (χ0v) is 8.93. The molecule has 0 heterocycles. The first-order chi connectivity index (χ1) is 5.64.